The van der Waals surface area contributed by atoms with E-state index in [1.807, 2.05) is 6.92 Å². The van der Waals surface area contributed by atoms with Crippen LogP contribution in [-0.4, -0.2) is 31.7 Å². The first-order chi connectivity index (χ1) is 11.9. The van der Waals surface area contributed by atoms with Crippen LogP contribution in [0.4, 0.5) is 5.69 Å². The number of benzene rings is 1. The van der Waals surface area contributed by atoms with Gasteiger partial charge in [-0.2, -0.15) is 4.31 Å². The van der Waals surface area contributed by atoms with Crippen molar-refractivity contribution in [3.63, 3.8) is 0 Å². The predicted molar refractivity (Wildman–Crippen MR) is 95.2 cm³/mol. The number of carbonyl (C=O) groups is 1. The van der Waals surface area contributed by atoms with Crippen LogP contribution < -0.4 is 5.32 Å². The molecule has 0 unspecified atom stereocenters. The van der Waals surface area contributed by atoms with Gasteiger partial charge < -0.3 is 9.73 Å². The Morgan fingerprint density at radius 1 is 1.12 bits per heavy atom. The summed E-state index contributed by atoms with van der Waals surface area (Å²) in [6.07, 6.45) is 4.28. The average Bonchev–Trinajstić information content (AvgIpc) is 3.03. The first-order valence-corrected chi connectivity index (χ1v) is 9.80. The molecule has 2 heterocycles. The van der Waals surface area contributed by atoms with Gasteiger partial charge in [-0.25, -0.2) is 8.42 Å². The van der Waals surface area contributed by atoms with Crippen LogP contribution in [0.15, 0.2) is 39.8 Å². The SMILES string of the molecule is Cc1ccc(S(=O)(=O)N2CCCCC2)cc1NC(=O)c1ccoc1C. The summed E-state index contributed by atoms with van der Waals surface area (Å²) in [7, 11) is -3.54. The summed E-state index contributed by atoms with van der Waals surface area (Å²) < 4.78 is 32.3. The molecule has 1 aliphatic heterocycles. The maximum absolute atomic E-state index is 12.8. The lowest BCUT2D eigenvalue weighted by molar-refractivity contribution is 0.102. The first kappa shape index (κ1) is 17.7. The smallest absolute Gasteiger partial charge is 0.259 e. The number of rotatable bonds is 4. The van der Waals surface area contributed by atoms with Gasteiger partial charge >= 0.3 is 0 Å². The van der Waals surface area contributed by atoms with E-state index < -0.39 is 10.0 Å². The molecule has 2 aromatic rings. The highest BCUT2D eigenvalue weighted by Crippen LogP contribution is 2.25. The molecule has 0 saturated carbocycles. The van der Waals surface area contributed by atoms with E-state index in [1.165, 1.54) is 16.6 Å². The molecule has 3 rings (SSSR count). The third kappa shape index (κ3) is 3.62. The quantitative estimate of drug-likeness (QED) is 0.905. The number of sulfonamides is 1. The minimum atomic E-state index is -3.54. The molecule has 0 bridgehead atoms. The molecular formula is C18H22N2O4S. The molecule has 1 amide bonds. The Kier molecular flexibility index (Phi) is 4.96. The monoisotopic (exact) mass is 362 g/mol. The second-order valence-corrected chi connectivity index (χ2v) is 8.22. The number of nitrogens with one attached hydrogen (secondary N) is 1. The van der Waals surface area contributed by atoms with Crippen LogP contribution in [-0.2, 0) is 10.0 Å². The number of amides is 1. The van der Waals surface area contributed by atoms with Crippen LogP contribution in [0.5, 0.6) is 0 Å². The van der Waals surface area contributed by atoms with E-state index in [1.54, 1.807) is 25.1 Å². The van der Waals surface area contributed by atoms with Crippen molar-refractivity contribution in [2.24, 2.45) is 0 Å². The van der Waals surface area contributed by atoms with Gasteiger partial charge in [0.1, 0.15) is 5.76 Å². The first-order valence-electron chi connectivity index (χ1n) is 8.36. The lowest BCUT2D eigenvalue weighted by Gasteiger charge is -2.26. The molecule has 0 aliphatic carbocycles. The maximum Gasteiger partial charge on any atom is 0.259 e. The molecule has 1 aromatic heterocycles. The number of nitrogens with zero attached hydrogens (tertiary/aromatic N) is 1. The molecule has 1 saturated heterocycles. The molecule has 1 aliphatic rings. The lowest BCUT2D eigenvalue weighted by Crippen LogP contribution is -2.35. The number of furan rings is 1. The van der Waals surface area contributed by atoms with Gasteiger partial charge in [0.05, 0.1) is 16.7 Å². The van der Waals surface area contributed by atoms with Crippen LogP contribution in [0.3, 0.4) is 0 Å². The van der Waals surface area contributed by atoms with E-state index >= 15 is 0 Å². The Morgan fingerprint density at radius 3 is 2.48 bits per heavy atom. The molecule has 6 nitrogen and oxygen atoms in total. The van der Waals surface area contributed by atoms with Crippen molar-refractivity contribution in [3.8, 4) is 0 Å². The van der Waals surface area contributed by atoms with E-state index in [2.05, 4.69) is 5.32 Å². The summed E-state index contributed by atoms with van der Waals surface area (Å²) in [5.41, 5.74) is 1.72. The van der Waals surface area contributed by atoms with Crippen LogP contribution >= 0.6 is 0 Å². The second kappa shape index (κ2) is 7.01. The average molecular weight is 362 g/mol. The van der Waals surface area contributed by atoms with Gasteiger partial charge in [0, 0.05) is 18.8 Å². The molecule has 1 N–H and O–H groups in total. The second-order valence-electron chi connectivity index (χ2n) is 6.29. The summed E-state index contributed by atoms with van der Waals surface area (Å²) in [5, 5.41) is 2.79. The standard InChI is InChI=1S/C18H22N2O4S/c1-13-6-7-15(25(22,23)20-9-4-3-5-10-20)12-17(13)19-18(21)16-8-11-24-14(16)2/h6-8,11-12H,3-5,9-10H2,1-2H3,(H,19,21). The number of carbonyl (C=O) groups excluding carboxylic acids is 1. The third-order valence-corrected chi connectivity index (χ3v) is 6.41. The van der Waals surface area contributed by atoms with Crippen molar-refractivity contribution in [3.05, 3.63) is 47.4 Å². The zero-order chi connectivity index (χ0) is 18.0. The number of hydrogen-bond donors (Lipinski definition) is 1. The maximum atomic E-state index is 12.8. The largest absolute Gasteiger partial charge is 0.469 e. The van der Waals surface area contributed by atoms with Crippen molar-refractivity contribution >= 4 is 21.6 Å². The zero-order valence-electron chi connectivity index (χ0n) is 14.4. The highest BCUT2D eigenvalue weighted by atomic mass is 32.2. The topological polar surface area (TPSA) is 79.6 Å². The highest BCUT2D eigenvalue weighted by Gasteiger charge is 2.26. The Morgan fingerprint density at radius 2 is 1.84 bits per heavy atom. The molecule has 1 fully saturated rings. The minimum absolute atomic E-state index is 0.208. The zero-order valence-corrected chi connectivity index (χ0v) is 15.2. The van der Waals surface area contributed by atoms with Gasteiger partial charge in [0.2, 0.25) is 10.0 Å². The highest BCUT2D eigenvalue weighted by molar-refractivity contribution is 7.89. The van der Waals surface area contributed by atoms with Gasteiger partial charge in [-0.05, 0) is 50.5 Å². The molecule has 25 heavy (non-hydrogen) atoms. The van der Waals surface area contributed by atoms with Crippen molar-refractivity contribution in [1.82, 2.24) is 4.31 Å². The molecule has 7 heteroatoms. The van der Waals surface area contributed by atoms with E-state index in [0.717, 1.165) is 24.8 Å². The van der Waals surface area contributed by atoms with Crippen LogP contribution in [0.2, 0.25) is 0 Å². The van der Waals surface area contributed by atoms with Gasteiger partial charge in [0.15, 0.2) is 0 Å². The van der Waals surface area contributed by atoms with E-state index in [-0.39, 0.29) is 10.8 Å². The van der Waals surface area contributed by atoms with Crippen LogP contribution in [0.25, 0.3) is 0 Å². The molecule has 0 spiro atoms. The van der Waals surface area contributed by atoms with Gasteiger partial charge in [-0.1, -0.05) is 12.5 Å². The van der Waals surface area contributed by atoms with Gasteiger partial charge in [-0.3, -0.25) is 4.79 Å². The molecule has 0 atom stereocenters. The number of piperidine rings is 1. The fourth-order valence-corrected chi connectivity index (χ4v) is 4.50. The van der Waals surface area contributed by atoms with E-state index in [0.29, 0.717) is 30.1 Å². The molecule has 134 valence electrons. The van der Waals surface area contributed by atoms with Crippen LogP contribution in [0, 0.1) is 13.8 Å². The van der Waals surface area contributed by atoms with Crippen molar-refractivity contribution in [1.29, 1.82) is 0 Å². The lowest BCUT2D eigenvalue weighted by atomic mass is 10.2. The molecule has 0 radical (unpaired) electrons. The van der Waals surface area contributed by atoms with Gasteiger partial charge in [0.25, 0.3) is 5.91 Å². The van der Waals surface area contributed by atoms with Crippen LogP contribution in [0.1, 0.15) is 40.9 Å². The summed E-state index contributed by atoms with van der Waals surface area (Å²) in [5.74, 6) is 0.203. The number of anilines is 1. The normalized spacial score (nSPS) is 15.9. The molecular weight excluding hydrogens is 340 g/mol. The van der Waals surface area contributed by atoms with E-state index in [9.17, 15) is 13.2 Å². The fourth-order valence-electron chi connectivity index (χ4n) is 2.96. The Hall–Kier alpha value is -2.12. The number of aryl methyl sites for hydroxylation is 2. The minimum Gasteiger partial charge on any atom is -0.469 e. The Labute approximate surface area is 147 Å². The fraction of sp³-hybridized carbons (Fsp3) is 0.389. The number of hydrogen-bond acceptors (Lipinski definition) is 4. The summed E-state index contributed by atoms with van der Waals surface area (Å²) >= 11 is 0. The van der Waals surface area contributed by atoms with Crippen molar-refractivity contribution in [2.75, 3.05) is 18.4 Å². The summed E-state index contributed by atoms with van der Waals surface area (Å²) in [6.45, 7) is 4.63. The van der Waals surface area contributed by atoms with E-state index in [4.69, 9.17) is 4.42 Å². The Balaban J connectivity index is 1.88. The summed E-state index contributed by atoms with van der Waals surface area (Å²) in [4.78, 5) is 12.6. The molecule has 1 aromatic carbocycles. The third-order valence-electron chi connectivity index (χ3n) is 4.51. The Bertz CT molecular complexity index is 880. The van der Waals surface area contributed by atoms with Crippen molar-refractivity contribution < 1.29 is 17.6 Å². The van der Waals surface area contributed by atoms with Gasteiger partial charge in [-0.15, -0.1) is 0 Å². The van der Waals surface area contributed by atoms with Crippen molar-refractivity contribution in [2.45, 2.75) is 38.0 Å². The summed E-state index contributed by atoms with van der Waals surface area (Å²) in [6, 6.07) is 6.44. The predicted octanol–water partition coefficient (Wildman–Crippen LogP) is 3.32.